The molecule has 0 aliphatic rings. The molecule has 0 bridgehead atoms. The van der Waals surface area contributed by atoms with Gasteiger partial charge in [0.2, 0.25) is 0 Å². The fourth-order valence-corrected chi connectivity index (χ4v) is 2.79. The van der Waals surface area contributed by atoms with Crippen LogP contribution in [0.25, 0.3) is 10.8 Å². The maximum atomic E-state index is 11.8. The lowest BCUT2D eigenvalue weighted by Gasteiger charge is -2.16. The molecule has 0 heterocycles. The number of benzene rings is 3. The van der Waals surface area contributed by atoms with E-state index in [1.54, 1.807) is 24.3 Å². The van der Waals surface area contributed by atoms with Gasteiger partial charge in [-0.05, 0) is 34.4 Å². The molecule has 3 rings (SSSR count). The Bertz CT molecular complexity index is 818. The molecule has 0 fully saturated rings. The van der Waals surface area contributed by atoms with E-state index in [1.165, 1.54) is 0 Å². The predicted octanol–water partition coefficient (Wildman–Crippen LogP) is 3.96. The Hall–Kier alpha value is -2.81. The monoisotopic (exact) mass is 292 g/mol. The number of carboxylic acid groups (broad SMARTS) is 1. The van der Waals surface area contributed by atoms with Crippen LogP contribution >= 0.6 is 0 Å². The minimum atomic E-state index is -0.889. The Kier molecular flexibility index (Phi) is 3.79. The van der Waals surface area contributed by atoms with Crippen molar-refractivity contribution in [1.82, 2.24) is 0 Å². The Morgan fingerprint density at radius 1 is 0.909 bits per heavy atom. The third kappa shape index (κ3) is 2.66. The highest BCUT2D eigenvalue weighted by Gasteiger charge is 2.23. The maximum absolute atomic E-state index is 11.8. The van der Waals surface area contributed by atoms with Gasteiger partial charge in [-0.3, -0.25) is 4.79 Å². The average Bonchev–Trinajstić information content (AvgIpc) is 2.53. The molecule has 0 amide bonds. The number of phenols is 1. The number of aliphatic carboxylic acids is 1. The molecule has 2 N–H and O–H groups in total. The van der Waals surface area contributed by atoms with Crippen LogP contribution in [-0.4, -0.2) is 16.2 Å². The van der Waals surface area contributed by atoms with Crippen LogP contribution in [0.3, 0.4) is 0 Å². The first kappa shape index (κ1) is 14.1. The van der Waals surface area contributed by atoms with Crippen LogP contribution < -0.4 is 0 Å². The second-order valence-electron chi connectivity index (χ2n) is 5.29. The van der Waals surface area contributed by atoms with Gasteiger partial charge in [-0.1, -0.05) is 60.7 Å². The van der Waals surface area contributed by atoms with Crippen molar-refractivity contribution in [1.29, 1.82) is 0 Å². The van der Waals surface area contributed by atoms with Gasteiger partial charge in [-0.15, -0.1) is 0 Å². The van der Waals surface area contributed by atoms with Crippen molar-refractivity contribution < 1.29 is 15.0 Å². The molecule has 22 heavy (non-hydrogen) atoms. The molecule has 3 aromatic carbocycles. The highest BCUT2D eigenvalue weighted by Crippen LogP contribution is 2.30. The molecule has 1 atom stereocenters. The van der Waals surface area contributed by atoms with Crippen molar-refractivity contribution in [3.05, 3.63) is 77.9 Å². The van der Waals surface area contributed by atoms with Crippen LogP contribution in [0.2, 0.25) is 0 Å². The van der Waals surface area contributed by atoms with Gasteiger partial charge < -0.3 is 10.2 Å². The second-order valence-corrected chi connectivity index (χ2v) is 5.29. The smallest absolute Gasteiger partial charge is 0.311 e. The summed E-state index contributed by atoms with van der Waals surface area (Å²) in [5.41, 5.74) is 1.41. The zero-order valence-electron chi connectivity index (χ0n) is 11.9. The maximum Gasteiger partial charge on any atom is 0.311 e. The first-order valence-electron chi connectivity index (χ1n) is 7.14. The van der Waals surface area contributed by atoms with E-state index in [4.69, 9.17) is 0 Å². The van der Waals surface area contributed by atoms with Gasteiger partial charge in [-0.2, -0.15) is 0 Å². The Balaban J connectivity index is 2.08. The summed E-state index contributed by atoms with van der Waals surface area (Å²) in [6, 6.07) is 20.3. The number of fused-ring (bicyclic) bond motifs is 1. The zero-order chi connectivity index (χ0) is 15.5. The molecule has 0 aromatic heterocycles. The van der Waals surface area contributed by atoms with Gasteiger partial charge in [0.05, 0.1) is 5.92 Å². The minimum absolute atomic E-state index is 0.133. The van der Waals surface area contributed by atoms with Gasteiger partial charge in [0, 0.05) is 0 Å². The van der Waals surface area contributed by atoms with Crippen LogP contribution in [0, 0.1) is 0 Å². The van der Waals surface area contributed by atoms with Crippen LogP contribution in [0.4, 0.5) is 0 Å². The molecule has 0 spiro atoms. The highest BCUT2D eigenvalue weighted by molar-refractivity contribution is 5.90. The van der Waals surface area contributed by atoms with E-state index in [9.17, 15) is 15.0 Å². The minimum Gasteiger partial charge on any atom is -0.508 e. The summed E-state index contributed by atoms with van der Waals surface area (Å²) in [6.07, 6.45) is 0.260. The van der Waals surface area contributed by atoms with E-state index in [2.05, 4.69) is 0 Å². The summed E-state index contributed by atoms with van der Waals surface area (Å²) in [5.74, 6) is -1.45. The number of para-hydroxylation sites is 1. The molecular formula is C19H16O3. The topological polar surface area (TPSA) is 57.5 Å². The summed E-state index contributed by atoms with van der Waals surface area (Å²) in [7, 11) is 0. The summed E-state index contributed by atoms with van der Waals surface area (Å²) < 4.78 is 0. The summed E-state index contributed by atoms with van der Waals surface area (Å²) in [5, 5.41) is 21.5. The van der Waals surface area contributed by atoms with Crippen molar-refractivity contribution in [3.8, 4) is 5.75 Å². The van der Waals surface area contributed by atoms with E-state index in [-0.39, 0.29) is 12.2 Å². The third-order valence-electron chi connectivity index (χ3n) is 3.91. The van der Waals surface area contributed by atoms with Gasteiger partial charge in [0.1, 0.15) is 5.75 Å². The van der Waals surface area contributed by atoms with Gasteiger partial charge >= 0.3 is 5.97 Å². The zero-order valence-corrected chi connectivity index (χ0v) is 11.9. The lowest BCUT2D eigenvalue weighted by Crippen LogP contribution is -2.15. The fraction of sp³-hybridized carbons (Fsp3) is 0.105. The summed E-state index contributed by atoms with van der Waals surface area (Å²) in [4.78, 5) is 11.8. The Morgan fingerprint density at radius 2 is 1.59 bits per heavy atom. The van der Waals surface area contributed by atoms with Crippen molar-refractivity contribution >= 4 is 16.7 Å². The van der Waals surface area contributed by atoms with Crippen molar-refractivity contribution in [2.75, 3.05) is 0 Å². The largest absolute Gasteiger partial charge is 0.508 e. The standard InChI is InChI=1S/C19H16O3/c20-18-11-4-2-7-14(18)12-17(19(21)22)16-10-5-8-13-6-1-3-9-15(13)16/h1-11,17,20H,12H2,(H,21,22). The Labute approximate surface area is 128 Å². The van der Waals surface area contributed by atoms with Crippen LogP contribution in [0.15, 0.2) is 66.7 Å². The number of carboxylic acids is 1. The number of aromatic hydroxyl groups is 1. The first-order chi connectivity index (χ1) is 10.7. The number of carbonyl (C=O) groups is 1. The number of hydrogen-bond donors (Lipinski definition) is 2. The Morgan fingerprint density at radius 3 is 2.36 bits per heavy atom. The molecule has 3 heteroatoms. The second kappa shape index (κ2) is 5.90. The molecule has 0 aliphatic heterocycles. The molecule has 0 radical (unpaired) electrons. The van der Waals surface area contributed by atoms with Crippen LogP contribution in [-0.2, 0) is 11.2 Å². The first-order valence-corrected chi connectivity index (χ1v) is 7.14. The summed E-state index contributed by atoms with van der Waals surface area (Å²) >= 11 is 0. The number of hydrogen-bond acceptors (Lipinski definition) is 2. The van der Waals surface area contributed by atoms with E-state index in [0.29, 0.717) is 5.56 Å². The normalized spacial score (nSPS) is 12.2. The van der Waals surface area contributed by atoms with Crippen molar-refractivity contribution in [3.63, 3.8) is 0 Å². The van der Waals surface area contributed by atoms with Crippen LogP contribution in [0.5, 0.6) is 5.75 Å². The predicted molar refractivity (Wildman–Crippen MR) is 86.1 cm³/mol. The van der Waals surface area contributed by atoms with Gasteiger partial charge in [-0.25, -0.2) is 0 Å². The van der Waals surface area contributed by atoms with E-state index in [0.717, 1.165) is 16.3 Å². The van der Waals surface area contributed by atoms with E-state index >= 15 is 0 Å². The lowest BCUT2D eigenvalue weighted by molar-refractivity contribution is -0.138. The average molecular weight is 292 g/mol. The molecular weight excluding hydrogens is 276 g/mol. The number of phenolic OH excluding ortho intramolecular Hbond substituents is 1. The lowest BCUT2D eigenvalue weighted by atomic mass is 9.88. The quantitative estimate of drug-likeness (QED) is 0.765. The summed E-state index contributed by atoms with van der Waals surface area (Å²) in [6.45, 7) is 0. The van der Waals surface area contributed by atoms with Gasteiger partial charge in [0.25, 0.3) is 0 Å². The SMILES string of the molecule is O=C(O)C(Cc1ccccc1O)c1cccc2ccccc12. The van der Waals surface area contributed by atoms with Gasteiger partial charge in [0.15, 0.2) is 0 Å². The van der Waals surface area contributed by atoms with E-state index < -0.39 is 11.9 Å². The third-order valence-corrected chi connectivity index (χ3v) is 3.91. The number of rotatable bonds is 4. The van der Waals surface area contributed by atoms with Crippen molar-refractivity contribution in [2.24, 2.45) is 0 Å². The van der Waals surface area contributed by atoms with Crippen LogP contribution in [0.1, 0.15) is 17.0 Å². The molecule has 0 saturated heterocycles. The molecule has 0 saturated carbocycles. The molecule has 1 unspecified atom stereocenters. The highest BCUT2D eigenvalue weighted by atomic mass is 16.4. The fourth-order valence-electron chi connectivity index (χ4n) is 2.79. The molecule has 3 nitrogen and oxygen atoms in total. The van der Waals surface area contributed by atoms with E-state index in [1.807, 2.05) is 42.5 Å². The van der Waals surface area contributed by atoms with Crippen molar-refractivity contribution in [2.45, 2.75) is 12.3 Å². The molecule has 3 aromatic rings. The molecule has 0 aliphatic carbocycles. The molecule has 110 valence electrons.